The number of aromatic nitrogens is 3. The summed E-state index contributed by atoms with van der Waals surface area (Å²) in [5.74, 6) is 0. The molecule has 0 saturated heterocycles. The molecule has 0 atom stereocenters. The van der Waals surface area contributed by atoms with E-state index in [4.69, 9.17) is 9.47 Å². The molecule has 0 aliphatic rings. The lowest BCUT2D eigenvalue weighted by atomic mass is 10.9. The summed E-state index contributed by atoms with van der Waals surface area (Å²) < 4.78 is 12.1. The molecular formula is C6H10BrN3O2. The van der Waals surface area contributed by atoms with Crippen LogP contribution in [0.3, 0.4) is 0 Å². The summed E-state index contributed by atoms with van der Waals surface area (Å²) in [5.41, 5.74) is 0. The molecule has 1 aromatic heterocycles. The molecule has 6 heteroatoms. The minimum absolute atomic E-state index is 0.341. The number of hydrogen-bond acceptors (Lipinski definition) is 4. The molecule has 0 saturated carbocycles. The first-order valence-corrected chi connectivity index (χ1v) is 4.29. The highest BCUT2D eigenvalue weighted by atomic mass is 79.9. The van der Waals surface area contributed by atoms with Gasteiger partial charge in [-0.25, -0.2) is 0 Å². The van der Waals surface area contributed by atoms with Crippen LogP contribution in [0.5, 0.6) is 6.01 Å². The average molecular weight is 236 g/mol. The molecule has 1 rings (SSSR count). The van der Waals surface area contributed by atoms with E-state index in [1.54, 1.807) is 7.11 Å². The van der Waals surface area contributed by atoms with Gasteiger partial charge in [0.25, 0.3) is 0 Å². The summed E-state index contributed by atoms with van der Waals surface area (Å²) >= 11 is 3.14. The molecule has 0 aromatic carbocycles. The van der Waals surface area contributed by atoms with Gasteiger partial charge in [-0.15, -0.1) is 5.10 Å². The molecular weight excluding hydrogens is 226 g/mol. The zero-order valence-electron chi connectivity index (χ0n) is 6.95. The fourth-order valence-electron chi connectivity index (χ4n) is 0.744. The van der Waals surface area contributed by atoms with E-state index in [1.165, 1.54) is 4.68 Å². The third-order valence-electron chi connectivity index (χ3n) is 1.14. The van der Waals surface area contributed by atoms with Crippen molar-refractivity contribution < 1.29 is 9.47 Å². The third kappa shape index (κ3) is 2.18. The van der Waals surface area contributed by atoms with Crippen molar-refractivity contribution in [2.75, 3.05) is 13.7 Å². The summed E-state index contributed by atoms with van der Waals surface area (Å²) in [6.07, 6.45) is 0. The number of rotatable bonds is 4. The predicted octanol–water partition coefficient (Wildman–Crippen LogP) is 1.04. The Morgan fingerprint density at radius 3 is 2.92 bits per heavy atom. The third-order valence-corrected chi connectivity index (χ3v) is 1.47. The molecule has 0 fully saturated rings. The Kier molecular flexibility index (Phi) is 3.48. The number of halogens is 1. The SMILES string of the molecule is CCOc1nc(Br)nn1COC. The second-order valence-electron chi connectivity index (χ2n) is 2.01. The fraction of sp³-hybridized carbons (Fsp3) is 0.667. The number of methoxy groups -OCH3 is 1. The smallest absolute Gasteiger partial charge is 0.318 e. The van der Waals surface area contributed by atoms with Crippen molar-refractivity contribution in [3.63, 3.8) is 0 Å². The van der Waals surface area contributed by atoms with Crippen LogP contribution in [0.4, 0.5) is 0 Å². The molecule has 12 heavy (non-hydrogen) atoms. The van der Waals surface area contributed by atoms with Gasteiger partial charge in [0.1, 0.15) is 6.73 Å². The molecule has 0 radical (unpaired) electrons. The van der Waals surface area contributed by atoms with Gasteiger partial charge in [-0.1, -0.05) is 0 Å². The molecule has 0 spiro atoms. The lowest BCUT2D eigenvalue weighted by Gasteiger charge is -2.02. The molecule has 1 heterocycles. The van der Waals surface area contributed by atoms with Crippen LogP contribution in [0.1, 0.15) is 6.92 Å². The predicted molar refractivity (Wildman–Crippen MR) is 45.9 cm³/mol. The first kappa shape index (κ1) is 9.47. The topological polar surface area (TPSA) is 49.2 Å². The first-order chi connectivity index (χ1) is 5.77. The van der Waals surface area contributed by atoms with Crippen LogP contribution in [0.15, 0.2) is 4.73 Å². The monoisotopic (exact) mass is 235 g/mol. The largest absolute Gasteiger partial charge is 0.464 e. The molecule has 0 bridgehead atoms. The Morgan fingerprint density at radius 2 is 2.33 bits per heavy atom. The van der Waals surface area contributed by atoms with Crippen LogP contribution < -0.4 is 4.74 Å². The van der Waals surface area contributed by atoms with Gasteiger partial charge in [0, 0.05) is 7.11 Å². The Bertz CT molecular complexity index is 227. The van der Waals surface area contributed by atoms with Gasteiger partial charge < -0.3 is 9.47 Å². The molecule has 0 unspecified atom stereocenters. The zero-order valence-corrected chi connectivity index (χ0v) is 8.54. The molecule has 68 valence electrons. The van der Waals surface area contributed by atoms with E-state index in [-0.39, 0.29) is 0 Å². The van der Waals surface area contributed by atoms with Crippen molar-refractivity contribution in [1.82, 2.24) is 14.8 Å². The second kappa shape index (κ2) is 4.42. The van der Waals surface area contributed by atoms with Crippen LogP contribution in [-0.4, -0.2) is 28.5 Å². The highest BCUT2D eigenvalue weighted by molar-refractivity contribution is 9.10. The maximum absolute atomic E-state index is 5.19. The highest BCUT2D eigenvalue weighted by Crippen LogP contribution is 2.11. The Morgan fingerprint density at radius 1 is 1.58 bits per heavy atom. The molecule has 0 aliphatic carbocycles. The average Bonchev–Trinajstić information content (AvgIpc) is 2.33. The van der Waals surface area contributed by atoms with Gasteiger partial charge in [0.05, 0.1) is 6.61 Å². The van der Waals surface area contributed by atoms with Crippen molar-refractivity contribution >= 4 is 15.9 Å². The van der Waals surface area contributed by atoms with Crippen LogP contribution >= 0.6 is 15.9 Å². The van der Waals surface area contributed by atoms with Crippen LogP contribution in [0, 0.1) is 0 Å². The summed E-state index contributed by atoms with van der Waals surface area (Å²) in [7, 11) is 1.59. The van der Waals surface area contributed by atoms with Crippen LogP contribution in [0.2, 0.25) is 0 Å². The summed E-state index contributed by atoms with van der Waals surface area (Å²) in [5, 5.41) is 3.99. The molecule has 0 amide bonds. The van der Waals surface area contributed by atoms with Crippen molar-refractivity contribution in [2.24, 2.45) is 0 Å². The fourth-order valence-corrected chi connectivity index (χ4v) is 1.09. The van der Waals surface area contributed by atoms with Crippen molar-refractivity contribution in [3.8, 4) is 6.01 Å². The van der Waals surface area contributed by atoms with E-state index in [9.17, 15) is 0 Å². The normalized spacial score (nSPS) is 10.2. The molecule has 0 aliphatic heterocycles. The van der Waals surface area contributed by atoms with Gasteiger partial charge in [-0.05, 0) is 22.9 Å². The first-order valence-electron chi connectivity index (χ1n) is 3.50. The highest BCUT2D eigenvalue weighted by Gasteiger charge is 2.07. The van der Waals surface area contributed by atoms with Gasteiger partial charge in [0.2, 0.25) is 4.73 Å². The van der Waals surface area contributed by atoms with E-state index in [0.29, 0.717) is 24.1 Å². The van der Waals surface area contributed by atoms with E-state index >= 15 is 0 Å². The van der Waals surface area contributed by atoms with Gasteiger partial charge in [0.15, 0.2) is 0 Å². The van der Waals surface area contributed by atoms with Crippen molar-refractivity contribution in [3.05, 3.63) is 4.73 Å². The maximum Gasteiger partial charge on any atom is 0.318 e. The molecule has 5 nitrogen and oxygen atoms in total. The summed E-state index contributed by atoms with van der Waals surface area (Å²) in [6, 6.07) is 0.464. The second-order valence-corrected chi connectivity index (χ2v) is 2.72. The van der Waals surface area contributed by atoms with Gasteiger partial charge in [-0.2, -0.15) is 9.67 Å². The summed E-state index contributed by atoms with van der Waals surface area (Å²) in [6.45, 7) is 2.79. The Balaban J connectivity index is 2.76. The lowest BCUT2D eigenvalue weighted by molar-refractivity contribution is 0.108. The van der Waals surface area contributed by atoms with Crippen LogP contribution in [-0.2, 0) is 11.5 Å². The van der Waals surface area contributed by atoms with E-state index in [0.717, 1.165) is 0 Å². The molecule has 0 N–H and O–H groups in total. The minimum atomic E-state index is 0.341. The Hall–Kier alpha value is -0.620. The number of hydrogen-bond donors (Lipinski definition) is 0. The quantitative estimate of drug-likeness (QED) is 0.783. The van der Waals surface area contributed by atoms with E-state index < -0.39 is 0 Å². The van der Waals surface area contributed by atoms with Gasteiger partial charge >= 0.3 is 6.01 Å². The molecule has 1 aromatic rings. The minimum Gasteiger partial charge on any atom is -0.464 e. The van der Waals surface area contributed by atoms with Gasteiger partial charge in [-0.3, -0.25) is 0 Å². The summed E-state index contributed by atoms with van der Waals surface area (Å²) in [4.78, 5) is 3.99. The van der Waals surface area contributed by atoms with Crippen molar-refractivity contribution in [1.29, 1.82) is 0 Å². The van der Waals surface area contributed by atoms with Crippen LogP contribution in [0.25, 0.3) is 0 Å². The number of ether oxygens (including phenoxy) is 2. The standard InChI is InChI=1S/C6H10BrN3O2/c1-3-12-6-8-5(7)9-10(6)4-11-2/h3-4H2,1-2H3. The zero-order chi connectivity index (χ0) is 8.97. The maximum atomic E-state index is 5.19. The Labute approximate surface area is 78.8 Å². The van der Waals surface area contributed by atoms with E-state index in [2.05, 4.69) is 26.0 Å². The lowest BCUT2D eigenvalue weighted by Crippen LogP contribution is -2.06. The van der Waals surface area contributed by atoms with Crippen molar-refractivity contribution in [2.45, 2.75) is 13.7 Å². The van der Waals surface area contributed by atoms with E-state index in [1.807, 2.05) is 6.92 Å². The number of nitrogens with zero attached hydrogens (tertiary/aromatic N) is 3.